The van der Waals surface area contributed by atoms with Gasteiger partial charge in [0.1, 0.15) is 5.82 Å². The van der Waals surface area contributed by atoms with Crippen LogP contribution < -0.4 is 5.32 Å². The van der Waals surface area contributed by atoms with Crippen LogP contribution in [-0.2, 0) is 6.54 Å². The molecule has 1 N–H and O–H groups in total. The van der Waals surface area contributed by atoms with E-state index in [4.69, 9.17) is 11.6 Å². The normalized spacial score (nSPS) is 10.3. The third-order valence-electron chi connectivity index (χ3n) is 2.46. The predicted molar refractivity (Wildman–Crippen MR) is 75.5 cm³/mol. The van der Waals surface area contributed by atoms with E-state index >= 15 is 0 Å². The van der Waals surface area contributed by atoms with Crippen molar-refractivity contribution in [2.75, 3.05) is 5.32 Å². The van der Waals surface area contributed by atoms with Crippen molar-refractivity contribution in [3.05, 3.63) is 57.2 Å². The third-order valence-corrected chi connectivity index (χ3v) is 3.71. The minimum Gasteiger partial charge on any atom is -0.365 e. The van der Waals surface area contributed by atoms with E-state index in [9.17, 15) is 0 Å². The van der Waals surface area contributed by atoms with Crippen LogP contribution in [0.1, 0.15) is 11.1 Å². The van der Waals surface area contributed by atoms with Crippen molar-refractivity contribution >= 4 is 33.3 Å². The van der Waals surface area contributed by atoms with Gasteiger partial charge in [0.25, 0.3) is 0 Å². The second kappa shape index (κ2) is 5.52. The third kappa shape index (κ3) is 3.20. The van der Waals surface area contributed by atoms with Gasteiger partial charge in [-0.1, -0.05) is 23.7 Å². The van der Waals surface area contributed by atoms with E-state index in [0.29, 0.717) is 0 Å². The maximum Gasteiger partial charge on any atom is 0.140 e. The Morgan fingerprint density at radius 2 is 1.94 bits per heavy atom. The number of hydrogen-bond acceptors (Lipinski definition) is 2. The SMILES string of the molecule is Cc1ccnc(NCc2ccc(Cl)cc2)c1Br. The van der Waals surface area contributed by atoms with Crippen molar-refractivity contribution in [1.29, 1.82) is 0 Å². The molecule has 4 heteroatoms. The molecule has 0 spiro atoms. The minimum atomic E-state index is 0.728. The summed E-state index contributed by atoms with van der Waals surface area (Å²) in [7, 11) is 0. The molecule has 0 saturated carbocycles. The van der Waals surface area contributed by atoms with Gasteiger partial charge in [-0.25, -0.2) is 4.98 Å². The number of nitrogens with zero attached hydrogens (tertiary/aromatic N) is 1. The molecule has 17 heavy (non-hydrogen) atoms. The van der Waals surface area contributed by atoms with Crippen LogP contribution in [-0.4, -0.2) is 4.98 Å². The summed E-state index contributed by atoms with van der Waals surface area (Å²) in [6, 6.07) is 9.74. The standard InChI is InChI=1S/C13H12BrClN2/c1-9-6-7-16-13(12(9)14)17-8-10-2-4-11(15)5-3-10/h2-7H,8H2,1H3,(H,16,17). The van der Waals surface area contributed by atoms with Gasteiger partial charge in [0.05, 0.1) is 4.47 Å². The zero-order valence-corrected chi connectivity index (χ0v) is 11.7. The van der Waals surface area contributed by atoms with Crippen molar-refractivity contribution in [3.8, 4) is 0 Å². The zero-order chi connectivity index (χ0) is 12.3. The van der Waals surface area contributed by atoms with Gasteiger partial charge >= 0.3 is 0 Å². The molecule has 0 fully saturated rings. The number of halogens is 2. The largest absolute Gasteiger partial charge is 0.365 e. The highest BCUT2D eigenvalue weighted by Gasteiger charge is 2.03. The summed E-state index contributed by atoms with van der Waals surface area (Å²) >= 11 is 9.35. The molecule has 1 aromatic carbocycles. The van der Waals surface area contributed by atoms with E-state index in [1.807, 2.05) is 37.3 Å². The Bertz CT molecular complexity index is 511. The average Bonchev–Trinajstić information content (AvgIpc) is 2.33. The first-order chi connectivity index (χ1) is 8.16. The lowest BCUT2D eigenvalue weighted by molar-refractivity contribution is 1.10. The molecule has 0 aliphatic rings. The molecule has 0 saturated heterocycles. The van der Waals surface area contributed by atoms with Crippen LogP contribution in [0.3, 0.4) is 0 Å². The first-order valence-electron chi connectivity index (χ1n) is 5.26. The molecule has 2 rings (SSSR count). The molecule has 0 unspecified atom stereocenters. The maximum absolute atomic E-state index is 5.83. The first-order valence-corrected chi connectivity index (χ1v) is 6.43. The fourth-order valence-electron chi connectivity index (χ4n) is 1.45. The number of pyridine rings is 1. The average molecular weight is 312 g/mol. The Morgan fingerprint density at radius 3 is 2.65 bits per heavy atom. The summed E-state index contributed by atoms with van der Waals surface area (Å²) in [6.07, 6.45) is 1.80. The summed E-state index contributed by atoms with van der Waals surface area (Å²) in [5, 5.41) is 4.04. The molecular weight excluding hydrogens is 300 g/mol. The highest BCUT2D eigenvalue weighted by molar-refractivity contribution is 9.10. The molecule has 0 radical (unpaired) electrons. The fraction of sp³-hybridized carbons (Fsp3) is 0.154. The predicted octanol–water partition coefficient (Wildman–Crippen LogP) is 4.42. The number of hydrogen-bond donors (Lipinski definition) is 1. The number of benzene rings is 1. The van der Waals surface area contributed by atoms with Gasteiger partial charge in [-0.3, -0.25) is 0 Å². The quantitative estimate of drug-likeness (QED) is 0.907. The van der Waals surface area contributed by atoms with Gasteiger partial charge in [-0.05, 0) is 52.2 Å². The van der Waals surface area contributed by atoms with Crippen molar-refractivity contribution in [1.82, 2.24) is 4.98 Å². The van der Waals surface area contributed by atoms with Crippen LogP contribution in [0, 0.1) is 6.92 Å². The van der Waals surface area contributed by atoms with E-state index in [1.165, 1.54) is 11.1 Å². The van der Waals surface area contributed by atoms with Crippen LogP contribution in [0.2, 0.25) is 5.02 Å². The van der Waals surface area contributed by atoms with Gasteiger partial charge in [0.2, 0.25) is 0 Å². The van der Waals surface area contributed by atoms with Gasteiger partial charge in [-0.2, -0.15) is 0 Å². The van der Waals surface area contributed by atoms with Gasteiger partial charge in [0.15, 0.2) is 0 Å². The van der Waals surface area contributed by atoms with Crippen molar-refractivity contribution in [2.45, 2.75) is 13.5 Å². The maximum atomic E-state index is 5.83. The smallest absolute Gasteiger partial charge is 0.140 e. The second-order valence-electron chi connectivity index (χ2n) is 3.77. The highest BCUT2D eigenvalue weighted by Crippen LogP contribution is 2.23. The van der Waals surface area contributed by atoms with E-state index in [0.717, 1.165) is 21.9 Å². The summed E-state index contributed by atoms with van der Waals surface area (Å²) in [4.78, 5) is 4.29. The molecule has 0 bridgehead atoms. The molecule has 0 aliphatic heterocycles. The lowest BCUT2D eigenvalue weighted by Gasteiger charge is -2.09. The second-order valence-corrected chi connectivity index (χ2v) is 5.00. The fourth-order valence-corrected chi connectivity index (χ4v) is 1.95. The van der Waals surface area contributed by atoms with Crippen molar-refractivity contribution in [3.63, 3.8) is 0 Å². The van der Waals surface area contributed by atoms with Crippen LogP contribution in [0.5, 0.6) is 0 Å². The van der Waals surface area contributed by atoms with E-state index in [2.05, 4.69) is 26.2 Å². The number of rotatable bonds is 3. The molecule has 1 aromatic heterocycles. The number of aryl methyl sites for hydroxylation is 1. The zero-order valence-electron chi connectivity index (χ0n) is 9.37. The van der Waals surface area contributed by atoms with E-state index in [1.54, 1.807) is 6.20 Å². The van der Waals surface area contributed by atoms with Crippen LogP contribution in [0.4, 0.5) is 5.82 Å². The molecular formula is C13H12BrClN2. The van der Waals surface area contributed by atoms with Crippen molar-refractivity contribution in [2.24, 2.45) is 0 Å². The summed E-state index contributed by atoms with van der Waals surface area (Å²) in [5.74, 6) is 0.861. The highest BCUT2D eigenvalue weighted by atomic mass is 79.9. The topological polar surface area (TPSA) is 24.9 Å². The molecule has 0 aliphatic carbocycles. The lowest BCUT2D eigenvalue weighted by Crippen LogP contribution is -2.02. The summed E-state index contributed by atoms with van der Waals surface area (Å²) in [6.45, 7) is 2.77. The van der Waals surface area contributed by atoms with Gasteiger partial charge in [0, 0.05) is 17.8 Å². The monoisotopic (exact) mass is 310 g/mol. The first kappa shape index (κ1) is 12.4. The van der Waals surface area contributed by atoms with Gasteiger partial charge in [-0.15, -0.1) is 0 Å². The Kier molecular flexibility index (Phi) is 4.02. The number of anilines is 1. The Hall–Kier alpha value is -1.06. The molecule has 2 aromatic rings. The van der Waals surface area contributed by atoms with Crippen LogP contribution in [0.25, 0.3) is 0 Å². The Labute approximate surface area is 114 Å². The van der Waals surface area contributed by atoms with Crippen molar-refractivity contribution < 1.29 is 0 Å². The number of nitrogens with one attached hydrogen (secondary N) is 1. The van der Waals surface area contributed by atoms with Gasteiger partial charge < -0.3 is 5.32 Å². The van der Waals surface area contributed by atoms with Crippen LogP contribution in [0.15, 0.2) is 41.0 Å². The number of aromatic nitrogens is 1. The van der Waals surface area contributed by atoms with Crippen LogP contribution >= 0.6 is 27.5 Å². The Balaban J connectivity index is 2.07. The minimum absolute atomic E-state index is 0.728. The van der Waals surface area contributed by atoms with E-state index in [-0.39, 0.29) is 0 Å². The molecule has 2 nitrogen and oxygen atoms in total. The summed E-state index contributed by atoms with van der Waals surface area (Å²) < 4.78 is 1.01. The molecule has 88 valence electrons. The lowest BCUT2D eigenvalue weighted by atomic mass is 10.2. The Morgan fingerprint density at radius 1 is 1.24 bits per heavy atom. The van der Waals surface area contributed by atoms with E-state index < -0.39 is 0 Å². The molecule has 0 atom stereocenters. The molecule has 1 heterocycles. The summed E-state index contributed by atoms with van der Waals surface area (Å²) in [5.41, 5.74) is 2.34. The molecule has 0 amide bonds.